The molecule has 1 aliphatic heterocycles. The van der Waals surface area contributed by atoms with Crippen LogP contribution in [0.3, 0.4) is 0 Å². The van der Waals surface area contributed by atoms with Gasteiger partial charge in [-0.1, -0.05) is 17.7 Å². The highest BCUT2D eigenvalue weighted by molar-refractivity contribution is 6.29. The number of hydrogen-bond acceptors (Lipinski definition) is 7. The van der Waals surface area contributed by atoms with E-state index in [1.807, 2.05) is 6.07 Å². The van der Waals surface area contributed by atoms with Gasteiger partial charge in [-0.25, -0.2) is 9.50 Å². The number of pyridine rings is 1. The highest BCUT2D eigenvalue weighted by Crippen LogP contribution is 2.35. The lowest BCUT2D eigenvalue weighted by atomic mass is 9.99. The molecule has 0 aromatic carbocycles. The van der Waals surface area contributed by atoms with Gasteiger partial charge in [-0.3, -0.25) is 4.79 Å². The Morgan fingerprint density at radius 2 is 2.06 bits per heavy atom. The molecule has 11 nitrogen and oxygen atoms in total. The first-order valence-corrected chi connectivity index (χ1v) is 10.6. The van der Waals surface area contributed by atoms with Crippen molar-refractivity contribution in [1.82, 2.24) is 44.5 Å². The molecule has 0 unspecified atom stereocenters. The van der Waals surface area contributed by atoms with E-state index in [0.29, 0.717) is 23.0 Å². The van der Waals surface area contributed by atoms with Crippen molar-refractivity contribution in [2.75, 3.05) is 6.54 Å². The fourth-order valence-corrected chi connectivity index (χ4v) is 4.25. The molecular formula is C20H13ClF3N9O2. The van der Waals surface area contributed by atoms with Gasteiger partial charge in [0.25, 0.3) is 5.89 Å². The zero-order valence-electron chi connectivity index (χ0n) is 17.4. The number of carbonyl (C=O) groups excluding carboxylic acids is 1. The Hall–Kier alpha value is -4.20. The number of amides is 1. The minimum Gasteiger partial charge on any atom is -0.411 e. The number of nitrogens with one attached hydrogen (secondary N) is 1. The van der Waals surface area contributed by atoms with Crippen LogP contribution in [0.15, 0.2) is 47.3 Å². The van der Waals surface area contributed by atoms with Crippen molar-refractivity contribution in [3.8, 4) is 11.6 Å². The summed E-state index contributed by atoms with van der Waals surface area (Å²) < 4.78 is 45.3. The van der Waals surface area contributed by atoms with Crippen LogP contribution in [-0.2, 0) is 12.7 Å². The van der Waals surface area contributed by atoms with Crippen LogP contribution in [0.5, 0.6) is 0 Å². The molecule has 178 valence electrons. The Bertz CT molecular complexity index is 1570. The van der Waals surface area contributed by atoms with E-state index < -0.39 is 24.1 Å². The summed E-state index contributed by atoms with van der Waals surface area (Å²) >= 11 is 6.26. The fourth-order valence-electron chi connectivity index (χ4n) is 4.05. The smallest absolute Gasteiger partial charge is 0.411 e. The Balaban J connectivity index is 1.37. The fraction of sp³-hybridized carbons (Fsp3) is 0.200. The van der Waals surface area contributed by atoms with Crippen LogP contribution in [0.1, 0.15) is 33.8 Å². The molecule has 1 atom stereocenters. The predicted molar refractivity (Wildman–Crippen MR) is 112 cm³/mol. The molecule has 0 bridgehead atoms. The number of carbonyl (C=O) groups is 1. The molecule has 15 heteroatoms. The maximum Gasteiger partial charge on any atom is 0.504 e. The Morgan fingerprint density at radius 1 is 1.20 bits per heavy atom. The van der Waals surface area contributed by atoms with Gasteiger partial charge in [-0.05, 0) is 24.3 Å². The number of fused-ring (bicyclic) bond motifs is 2. The number of imidazole rings is 1. The van der Waals surface area contributed by atoms with E-state index in [4.69, 9.17) is 16.0 Å². The van der Waals surface area contributed by atoms with Gasteiger partial charge in [0, 0.05) is 24.9 Å². The van der Waals surface area contributed by atoms with E-state index in [1.165, 1.54) is 11.2 Å². The van der Waals surface area contributed by atoms with Crippen molar-refractivity contribution in [2.45, 2.75) is 18.8 Å². The lowest BCUT2D eigenvalue weighted by Gasteiger charge is -2.32. The lowest BCUT2D eigenvalue weighted by Crippen LogP contribution is -2.41. The second-order valence-corrected chi connectivity index (χ2v) is 8.08. The summed E-state index contributed by atoms with van der Waals surface area (Å²) in [6.07, 6.45) is -1.95. The number of aromatic nitrogens is 8. The summed E-state index contributed by atoms with van der Waals surface area (Å²) in [5, 5.41) is 15.8. The third-order valence-electron chi connectivity index (χ3n) is 5.60. The third-order valence-corrected chi connectivity index (χ3v) is 5.89. The molecule has 0 saturated carbocycles. The van der Waals surface area contributed by atoms with Gasteiger partial charge in [-0.2, -0.15) is 14.9 Å². The van der Waals surface area contributed by atoms with Crippen molar-refractivity contribution in [3.63, 3.8) is 0 Å². The summed E-state index contributed by atoms with van der Waals surface area (Å²) in [6, 6.07) is 7.47. The number of aromatic amines is 1. The topological polar surface area (TPSA) is 123 Å². The normalized spacial score (nSPS) is 16.1. The van der Waals surface area contributed by atoms with Gasteiger partial charge < -0.3 is 14.3 Å². The Labute approximate surface area is 198 Å². The van der Waals surface area contributed by atoms with Gasteiger partial charge in [0.15, 0.2) is 0 Å². The molecule has 0 aliphatic carbocycles. The summed E-state index contributed by atoms with van der Waals surface area (Å²) in [5.74, 6) is -1.34. The van der Waals surface area contributed by atoms with E-state index in [1.54, 1.807) is 22.7 Å². The SMILES string of the molecule is O=C(c1nnc(-c2ccn(C(F)(F)F)n2)o1)N1CCc2[nH]cnc2[C@@H]1c1cc2cccc(Cl)n2n1. The highest BCUT2D eigenvalue weighted by Gasteiger charge is 2.38. The van der Waals surface area contributed by atoms with Crippen LogP contribution >= 0.6 is 11.6 Å². The first-order valence-electron chi connectivity index (χ1n) is 10.2. The summed E-state index contributed by atoms with van der Waals surface area (Å²) in [4.78, 5) is 22.4. The second-order valence-electron chi connectivity index (χ2n) is 7.70. The quantitative estimate of drug-likeness (QED) is 0.375. The summed E-state index contributed by atoms with van der Waals surface area (Å²) in [7, 11) is 0. The first kappa shape index (κ1) is 21.3. The monoisotopic (exact) mass is 503 g/mol. The van der Waals surface area contributed by atoms with Crippen molar-refractivity contribution < 1.29 is 22.4 Å². The number of rotatable bonds is 3. The molecule has 6 heterocycles. The van der Waals surface area contributed by atoms with E-state index >= 15 is 0 Å². The maximum absolute atomic E-state index is 13.4. The maximum atomic E-state index is 13.4. The zero-order chi connectivity index (χ0) is 24.3. The Morgan fingerprint density at radius 3 is 2.83 bits per heavy atom. The van der Waals surface area contributed by atoms with E-state index in [-0.39, 0.29) is 22.8 Å². The second kappa shape index (κ2) is 7.66. The molecule has 1 amide bonds. The molecule has 0 fully saturated rings. The van der Waals surface area contributed by atoms with Gasteiger partial charge in [0.2, 0.25) is 0 Å². The third kappa shape index (κ3) is 3.53. The molecule has 0 saturated heterocycles. The molecule has 5 aromatic heterocycles. The highest BCUT2D eigenvalue weighted by atomic mass is 35.5. The average molecular weight is 504 g/mol. The van der Waals surface area contributed by atoms with E-state index in [0.717, 1.165) is 23.5 Å². The number of hydrogen-bond donors (Lipinski definition) is 1. The summed E-state index contributed by atoms with van der Waals surface area (Å²) in [5.41, 5.74) is 2.48. The minimum absolute atomic E-state index is 0.192. The average Bonchev–Trinajstić information content (AvgIpc) is 3.62. The van der Waals surface area contributed by atoms with Gasteiger partial charge in [0.1, 0.15) is 16.9 Å². The van der Waals surface area contributed by atoms with Crippen LogP contribution < -0.4 is 0 Å². The summed E-state index contributed by atoms with van der Waals surface area (Å²) in [6.45, 7) is 0.278. The van der Waals surface area contributed by atoms with Gasteiger partial charge >= 0.3 is 18.1 Å². The largest absolute Gasteiger partial charge is 0.504 e. The van der Waals surface area contributed by atoms with Crippen LogP contribution in [0.4, 0.5) is 13.2 Å². The minimum atomic E-state index is -4.70. The molecule has 0 spiro atoms. The van der Waals surface area contributed by atoms with Crippen LogP contribution in [0.2, 0.25) is 5.15 Å². The first-order chi connectivity index (χ1) is 16.8. The molecular weight excluding hydrogens is 491 g/mol. The van der Waals surface area contributed by atoms with Crippen molar-refractivity contribution >= 4 is 23.0 Å². The van der Waals surface area contributed by atoms with E-state index in [2.05, 4.69) is 30.4 Å². The number of halogens is 4. The Kier molecular flexibility index (Phi) is 4.67. The standard InChI is InChI=1S/C20H13ClF3N9O2/c21-14-3-1-2-10-8-13(30-33(10)14)16-15-11(25-9-26-15)4-6-31(16)19(34)18-28-27-17(35-18)12-5-7-32(29-12)20(22,23)24/h1-3,5,7-9,16H,4,6H2,(H,25,26)/t16-/m0/s1. The molecule has 0 radical (unpaired) electrons. The van der Waals surface area contributed by atoms with E-state index in [9.17, 15) is 18.0 Å². The predicted octanol–water partition coefficient (Wildman–Crippen LogP) is 3.22. The molecule has 6 rings (SSSR count). The zero-order valence-corrected chi connectivity index (χ0v) is 18.2. The van der Waals surface area contributed by atoms with Crippen molar-refractivity contribution in [3.05, 3.63) is 71.0 Å². The van der Waals surface area contributed by atoms with Crippen LogP contribution in [0, 0.1) is 0 Å². The van der Waals surface area contributed by atoms with Crippen molar-refractivity contribution in [1.29, 1.82) is 0 Å². The number of nitrogens with zero attached hydrogens (tertiary/aromatic N) is 8. The molecule has 35 heavy (non-hydrogen) atoms. The van der Waals surface area contributed by atoms with Gasteiger partial charge in [-0.15, -0.1) is 23.4 Å². The number of H-pyrrole nitrogens is 1. The van der Waals surface area contributed by atoms with Crippen LogP contribution in [0.25, 0.3) is 17.1 Å². The molecule has 5 aromatic rings. The van der Waals surface area contributed by atoms with Crippen LogP contribution in [-0.4, -0.2) is 56.9 Å². The van der Waals surface area contributed by atoms with Crippen molar-refractivity contribution in [2.24, 2.45) is 0 Å². The molecule has 1 aliphatic rings. The number of alkyl halides is 3. The lowest BCUT2D eigenvalue weighted by molar-refractivity contribution is -0.212. The van der Waals surface area contributed by atoms with Gasteiger partial charge in [0.05, 0.1) is 23.2 Å². The molecule has 1 N–H and O–H groups in total.